The van der Waals surface area contributed by atoms with Gasteiger partial charge < -0.3 is 11.5 Å². The van der Waals surface area contributed by atoms with Gasteiger partial charge in [-0.1, -0.05) is 26.7 Å². The van der Waals surface area contributed by atoms with Crippen molar-refractivity contribution >= 4 is 11.4 Å². The largest absolute Gasteiger partial charge is 0.418 e. The molecule has 1 aromatic rings. The fraction of sp³-hybridized carbons (Fsp3) is 0.538. The van der Waals surface area contributed by atoms with Crippen molar-refractivity contribution in [3.63, 3.8) is 0 Å². The minimum absolute atomic E-state index is 0.221. The van der Waals surface area contributed by atoms with Crippen LogP contribution in [0.15, 0.2) is 6.07 Å². The summed E-state index contributed by atoms with van der Waals surface area (Å²) in [6.45, 7) is 3.79. The van der Waals surface area contributed by atoms with Crippen LogP contribution in [0.1, 0.15) is 43.4 Å². The predicted molar refractivity (Wildman–Crippen MR) is 68.3 cm³/mol. The van der Waals surface area contributed by atoms with Crippen molar-refractivity contribution in [2.45, 2.75) is 45.7 Å². The van der Waals surface area contributed by atoms with Crippen LogP contribution in [0.2, 0.25) is 0 Å². The minimum Gasteiger partial charge on any atom is -0.398 e. The van der Waals surface area contributed by atoms with Gasteiger partial charge in [0, 0.05) is 11.4 Å². The molecular weight excluding hydrogens is 241 g/mol. The van der Waals surface area contributed by atoms with Gasteiger partial charge in [-0.25, -0.2) is 0 Å². The number of benzene rings is 1. The SMILES string of the molecule is CCCc1cc(C(F)(F)F)c(N)c(CCC)c1N. The van der Waals surface area contributed by atoms with E-state index in [0.29, 0.717) is 36.1 Å². The number of hydrogen-bond acceptors (Lipinski definition) is 2. The van der Waals surface area contributed by atoms with Crippen LogP contribution in [0.4, 0.5) is 24.5 Å². The second-order valence-corrected chi connectivity index (χ2v) is 4.39. The van der Waals surface area contributed by atoms with Gasteiger partial charge in [0.2, 0.25) is 0 Å². The van der Waals surface area contributed by atoms with Gasteiger partial charge in [-0.15, -0.1) is 0 Å². The van der Waals surface area contributed by atoms with Gasteiger partial charge in [-0.2, -0.15) is 13.2 Å². The maximum Gasteiger partial charge on any atom is 0.418 e. The molecule has 4 N–H and O–H groups in total. The molecule has 0 aliphatic heterocycles. The van der Waals surface area contributed by atoms with E-state index >= 15 is 0 Å². The molecule has 0 aliphatic rings. The zero-order chi connectivity index (χ0) is 13.9. The summed E-state index contributed by atoms with van der Waals surface area (Å²) < 4.78 is 38.7. The molecule has 0 aromatic heterocycles. The normalized spacial score (nSPS) is 11.8. The van der Waals surface area contributed by atoms with E-state index in [4.69, 9.17) is 11.5 Å². The molecule has 0 unspecified atom stereocenters. The third-order valence-electron chi connectivity index (χ3n) is 2.93. The zero-order valence-corrected chi connectivity index (χ0v) is 10.7. The number of nitrogen functional groups attached to an aromatic ring is 2. The maximum absolute atomic E-state index is 12.9. The van der Waals surface area contributed by atoms with E-state index in [1.54, 1.807) is 0 Å². The number of anilines is 2. The van der Waals surface area contributed by atoms with Crippen molar-refractivity contribution < 1.29 is 13.2 Å². The van der Waals surface area contributed by atoms with Gasteiger partial charge in [0.1, 0.15) is 0 Å². The Morgan fingerprint density at radius 3 is 2.00 bits per heavy atom. The molecule has 2 nitrogen and oxygen atoms in total. The molecule has 18 heavy (non-hydrogen) atoms. The van der Waals surface area contributed by atoms with Crippen molar-refractivity contribution in [2.24, 2.45) is 0 Å². The molecule has 102 valence electrons. The summed E-state index contributed by atoms with van der Waals surface area (Å²) in [6.07, 6.45) is -1.97. The van der Waals surface area contributed by atoms with Crippen LogP contribution in [-0.2, 0) is 19.0 Å². The Labute approximate surface area is 105 Å². The van der Waals surface area contributed by atoms with Gasteiger partial charge in [0.05, 0.1) is 5.56 Å². The molecule has 1 rings (SSSR count). The molecule has 0 atom stereocenters. The first-order chi connectivity index (χ1) is 8.32. The van der Waals surface area contributed by atoms with Crippen molar-refractivity contribution in [2.75, 3.05) is 11.5 Å². The Morgan fingerprint density at radius 1 is 1.00 bits per heavy atom. The van der Waals surface area contributed by atoms with Crippen LogP contribution in [-0.4, -0.2) is 0 Å². The lowest BCUT2D eigenvalue weighted by Crippen LogP contribution is -2.14. The highest BCUT2D eigenvalue weighted by molar-refractivity contribution is 5.69. The number of alkyl halides is 3. The quantitative estimate of drug-likeness (QED) is 0.809. The van der Waals surface area contributed by atoms with Crippen LogP contribution in [0.5, 0.6) is 0 Å². The molecule has 1 aromatic carbocycles. The summed E-state index contributed by atoms with van der Waals surface area (Å²) in [4.78, 5) is 0. The number of nitrogens with two attached hydrogens (primary N) is 2. The first-order valence-electron chi connectivity index (χ1n) is 6.09. The molecule has 0 fully saturated rings. The number of aryl methyl sites for hydroxylation is 1. The Balaban J connectivity index is 3.45. The Hall–Kier alpha value is -1.39. The molecule has 0 saturated carbocycles. The van der Waals surface area contributed by atoms with E-state index in [2.05, 4.69) is 0 Å². The van der Waals surface area contributed by atoms with Crippen molar-refractivity contribution in [3.05, 3.63) is 22.8 Å². The second-order valence-electron chi connectivity index (χ2n) is 4.39. The maximum atomic E-state index is 12.9. The van der Waals surface area contributed by atoms with E-state index in [-0.39, 0.29) is 5.69 Å². The van der Waals surface area contributed by atoms with Crippen molar-refractivity contribution in [1.29, 1.82) is 0 Å². The molecular formula is C13H19F3N2. The zero-order valence-electron chi connectivity index (χ0n) is 10.7. The third kappa shape index (κ3) is 2.89. The summed E-state index contributed by atoms with van der Waals surface area (Å²) in [5.74, 6) is 0. The van der Waals surface area contributed by atoms with E-state index in [1.165, 1.54) is 0 Å². The van der Waals surface area contributed by atoms with Crippen LogP contribution < -0.4 is 11.5 Å². The standard InChI is InChI=1S/C13H19F3N2/c1-3-5-8-7-10(13(14,15)16)12(18)9(6-4-2)11(8)17/h7H,3-6,17-18H2,1-2H3. The second kappa shape index (κ2) is 5.50. The predicted octanol–water partition coefficient (Wildman–Crippen LogP) is 3.77. The van der Waals surface area contributed by atoms with E-state index in [1.807, 2.05) is 13.8 Å². The van der Waals surface area contributed by atoms with Gasteiger partial charge in [-0.05, 0) is 30.0 Å². The van der Waals surface area contributed by atoms with Crippen molar-refractivity contribution in [3.8, 4) is 0 Å². The third-order valence-corrected chi connectivity index (χ3v) is 2.93. The van der Waals surface area contributed by atoms with E-state index < -0.39 is 11.7 Å². The Bertz CT molecular complexity index is 425. The molecule has 0 spiro atoms. The average Bonchev–Trinajstić information content (AvgIpc) is 2.26. The molecule has 0 saturated heterocycles. The molecule has 0 amide bonds. The average molecular weight is 260 g/mol. The highest BCUT2D eigenvalue weighted by Gasteiger charge is 2.35. The summed E-state index contributed by atoms with van der Waals surface area (Å²) >= 11 is 0. The van der Waals surface area contributed by atoms with Gasteiger partial charge in [0.15, 0.2) is 0 Å². The highest BCUT2D eigenvalue weighted by atomic mass is 19.4. The van der Waals surface area contributed by atoms with Gasteiger partial charge in [0.25, 0.3) is 0 Å². The molecule has 0 radical (unpaired) electrons. The molecule has 0 aliphatic carbocycles. The topological polar surface area (TPSA) is 52.0 Å². The molecule has 0 heterocycles. The van der Waals surface area contributed by atoms with Crippen LogP contribution in [0, 0.1) is 0 Å². The van der Waals surface area contributed by atoms with E-state index in [0.717, 1.165) is 12.5 Å². The smallest absolute Gasteiger partial charge is 0.398 e. The first kappa shape index (κ1) is 14.7. The minimum atomic E-state index is -4.43. The lowest BCUT2D eigenvalue weighted by Gasteiger charge is -2.19. The number of halogens is 3. The lowest BCUT2D eigenvalue weighted by atomic mass is 9.94. The summed E-state index contributed by atoms with van der Waals surface area (Å²) in [6, 6.07) is 1.09. The van der Waals surface area contributed by atoms with Gasteiger partial charge >= 0.3 is 6.18 Å². The summed E-state index contributed by atoms with van der Waals surface area (Å²) in [5, 5.41) is 0. The fourth-order valence-electron chi connectivity index (χ4n) is 2.06. The summed E-state index contributed by atoms with van der Waals surface area (Å²) in [7, 11) is 0. The van der Waals surface area contributed by atoms with Crippen LogP contribution in [0.3, 0.4) is 0 Å². The van der Waals surface area contributed by atoms with Crippen LogP contribution in [0.25, 0.3) is 0 Å². The van der Waals surface area contributed by atoms with E-state index in [9.17, 15) is 13.2 Å². The van der Waals surface area contributed by atoms with Crippen LogP contribution >= 0.6 is 0 Å². The first-order valence-corrected chi connectivity index (χ1v) is 6.09. The monoisotopic (exact) mass is 260 g/mol. The lowest BCUT2D eigenvalue weighted by molar-refractivity contribution is -0.137. The number of hydrogen-bond donors (Lipinski definition) is 2. The highest BCUT2D eigenvalue weighted by Crippen LogP contribution is 2.39. The van der Waals surface area contributed by atoms with Crippen molar-refractivity contribution in [1.82, 2.24) is 0 Å². The Kier molecular flexibility index (Phi) is 4.48. The Morgan fingerprint density at radius 2 is 1.56 bits per heavy atom. The number of rotatable bonds is 4. The fourth-order valence-corrected chi connectivity index (χ4v) is 2.06. The molecule has 5 heteroatoms. The summed E-state index contributed by atoms with van der Waals surface area (Å²) in [5.41, 5.74) is 12.0. The van der Waals surface area contributed by atoms with Gasteiger partial charge in [-0.3, -0.25) is 0 Å². The molecule has 0 bridgehead atoms.